The summed E-state index contributed by atoms with van der Waals surface area (Å²) >= 11 is 0. The lowest BCUT2D eigenvalue weighted by molar-refractivity contribution is -0.136. The molecule has 5 nitrogen and oxygen atoms in total. The molecule has 0 radical (unpaired) electrons. The zero-order valence-electron chi connectivity index (χ0n) is 15.8. The van der Waals surface area contributed by atoms with Crippen molar-refractivity contribution in [3.05, 3.63) is 11.5 Å². The van der Waals surface area contributed by atoms with Gasteiger partial charge in [0.2, 0.25) is 10.0 Å². The summed E-state index contributed by atoms with van der Waals surface area (Å²) < 4.78 is 25.3. The van der Waals surface area contributed by atoms with Crippen molar-refractivity contribution in [2.24, 2.45) is 0 Å². The Morgan fingerprint density at radius 2 is 1.36 bits per heavy atom. The molecule has 6 heteroatoms. The Labute approximate surface area is 154 Å². The van der Waals surface area contributed by atoms with Crippen LogP contribution in [-0.2, 0) is 14.8 Å². The highest BCUT2D eigenvalue weighted by Gasteiger charge is 2.05. The summed E-state index contributed by atoms with van der Waals surface area (Å²) in [5.41, 5.74) is 0. The first-order chi connectivity index (χ1) is 12.0. The molecule has 0 rings (SSSR count). The Morgan fingerprint density at radius 1 is 0.880 bits per heavy atom. The van der Waals surface area contributed by atoms with Gasteiger partial charge in [-0.3, -0.25) is 4.79 Å². The minimum Gasteiger partial charge on any atom is -0.481 e. The number of carboxylic acid groups (broad SMARTS) is 1. The molecular formula is C19H37NO4S. The molecule has 0 atom stereocenters. The van der Waals surface area contributed by atoms with Gasteiger partial charge in [0.25, 0.3) is 0 Å². The fourth-order valence-corrected chi connectivity index (χ4v) is 3.52. The van der Waals surface area contributed by atoms with Crippen LogP contribution in [0, 0.1) is 0 Å². The maximum Gasteiger partial charge on any atom is 0.304 e. The van der Waals surface area contributed by atoms with Crippen molar-refractivity contribution in [1.29, 1.82) is 0 Å². The second-order valence-electron chi connectivity index (χ2n) is 6.63. The van der Waals surface area contributed by atoms with Crippen LogP contribution in [0.15, 0.2) is 11.5 Å². The largest absolute Gasteiger partial charge is 0.481 e. The summed E-state index contributed by atoms with van der Waals surface area (Å²) in [6, 6.07) is 0. The summed E-state index contributed by atoms with van der Waals surface area (Å²) in [4.78, 5) is 10.3. The van der Waals surface area contributed by atoms with E-state index in [0.717, 1.165) is 24.7 Å². The third-order valence-electron chi connectivity index (χ3n) is 4.14. The molecule has 0 aliphatic carbocycles. The van der Waals surface area contributed by atoms with Gasteiger partial charge < -0.3 is 5.11 Å². The maximum absolute atomic E-state index is 11.5. The molecule has 25 heavy (non-hydrogen) atoms. The van der Waals surface area contributed by atoms with Gasteiger partial charge in [0.05, 0.1) is 6.42 Å². The monoisotopic (exact) mass is 375 g/mol. The van der Waals surface area contributed by atoms with Gasteiger partial charge in [-0.2, -0.15) is 0 Å². The summed E-state index contributed by atoms with van der Waals surface area (Å²) in [7, 11) is -3.49. The van der Waals surface area contributed by atoms with Crippen molar-refractivity contribution in [1.82, 2.24) is 4.72 Å². The Balaban J connectivity index is 3.41. The van der Waals surface area contributed by atoms with Crippen LogP contribution in [0.5, 0.6) is 0 Å². The van der Waals surface area contributed by atoms with Gasteiger partial charge in [-0.25, -0.2) is 13.1 Å². The van der Waals surface area contributed by atoms with Gasteiger partial charge in [-0.05, 0) is 12.8 Å². The van der Waals surface area contributed by atoms with Crippen molar-refractivity contribution >= 4 is 16.0 Å². The van der Waals surface area contributed by atoms with Crippen LogP contribution in [0.25, 0.3) is 0 Å². The lowest BCUT2D eigenvalue weighted by Gasteiger charge is -2.02. The standard InChI is InChI=1S/C19H37NO4S/c1-2-3-4-5-6-7-8-9-10-11-12-13-14-15-18-25(23,24)20-17-16-19(21)22/h15,18,20H,2-14,16-17H2,1H3,(H,21,22)/b18-15+. The number of nitrogens with one attached hydrogen (secondary N) is 1. The molecular weight excluding hydrogens is 338 g/mol. The fraction of sp³-hybridized carbons (Fsp3) is 0.842. The van der Waals surface area contributed by atoms with Crippen LogP contribution in [0.4, 0.5) is 0 Å². The van der Waals surface area contributed by atoms with E-state index in [1.54, 1.807) is 6.08 Å². The number of sulfonamides is 1. The molecule has 0 aromatic heterocycles. The summed E-state index contributed by atoms with van der Waals surface area (Å²) in [6.45, 7) is 2.18. The van der Waals surface area contributed by atoms with E-state index in [1.807, 2.05) is 0 Å². The Kier molecular flexibility index (Phi) is 16.0. The molecule has 0 aliphatic heterocycles. The van der Waals surface area contributed by atoms with Crippen LogP contribution in [0.2, 0.25) is 0 Å². The van der Waals surface area contributed by atoms with E-state index in [0.29, 0.717) is 0 Å². The van der Waals surface area contributed by atoms with Crippen LogP contribution < -0.4 is 4.72 Å². The molecule has 2 N–H and O–H groups in total. The number of unbranched alkanes of at least 4 members (excludes halogenated alkanes) is 12. The first-order valence-corrected chi connectivity index (χ1v) is 11.4. The van der Waals surface area contributed by atoms with Crippen LogP contribution in [0.3, 0.4) is 0 Å². The quantitative estimate of drug-likeness (QED) is 0.331. The summed E-state index contributed by atoms with van der Waals surface area (Å²) in [6.07, 6.45) is 17.6. The van der Waals surface area contributed by atoms with E-state index in [1.165, 1.54) is 64.2 Å². The molecule has 0 heterocycles. The molecule has 0 aliphatic rings. The van der Waals surface area contributed by atoms with Crippen LogP contribution in [-0.4, -0.2) is 26.0 Å². The molecule has 0 saturated heterocycles. The SMILES string of the molecule is CCCCCCCCCCCCCC/C=C/S(=O)(=O)NCCC(=O)O. The summed E-state index contributed by atoms with van der Waals surface area (Å²) in [5, 5.41) is 9.61. The maximum atomic E-state index is 11.5. The van der Waals surface area contributed by atoms with Crippen molar-refractivity contribution in [2.45, 2.75) is 96.8 Å². The molecule has 0 fully saturated rings. The van der Waals surface area contributed by atoms with E-state index in [9.17, 15) is 13.2 Å². The number of aliphatic carboxylic acids is 1. The number of carbonyl (C=O) groups is 1. The topological polar surface area (TPSA) is 83.5 Å². The van der Waals surface area contributed by atoms with E-state index in [4.69, 9.17) is 5.11 Å². The second kappa shape index (κ2) is 16.6. The Morgan fingerprint density at radius 3 is 1.84 bits per heavy atom. The molecule has 0 saturated carbocycles. The third kappa shape index (κ3) is 19.3. The highest BCUT2D eigenvalue weighted by molar-refractivity contribution is 7.92. The predicted molar refractivity (Wildman–Crippen MR) is 104 cm³/mol. The zero-order chi connectivity index (χ0) is 18.8. The number of rotatable bonds is 18. The van der Waals surface area contributed by atoms with E-state index < -0.39 is 16.0 Å². The molecule has 0 bridgehead atoms. The van der Waals surface area contributed by atoms with Gasteiger partial charge in [0, 0.05) is 12.0 Å². The normalized spacial score (nSPS) is 12.0. The minimum atomic E-state index is -3.49. The first kappa shape index (κ1) is 24.1. The molecule has 0 unspecified atom stereocenters. The average molecular weight is 376 g/mol. The van der Waals surface area contributed by atoms with Crippen molar-refractivity contribution in [2.75, 3.05) is 6.54 Å². The van der Waals surface area contributed by atoms with Gasteiger partial charge in [-0.1, -0.05) is 83.6 Å². The number of allylic oxidation sites excluding steroid dienone is 1. The van der Waals surface area contributed by atoms with E-state index in [-0.39, 0.29) is 13.0 Å². The van der Waals surface area contributed by atoms with Gasteiger partial charge in [0.1, 0.15) is 0 Å². The fourth-order valence-electron chi connectivity index (χ4n) is 2.65. The minimum absolute atomic E-state index is 0.0688. The lowest BCUT2D eigenvalue weighted by atomic mass is 10.0. The third-order valence-corrected chi connectivity index (χ3v) is 5.30. The lowest BCUT2D eigenvalue weighted by Crippen LogP contribution is -2.24. The van der Waals surface area contributed by atoms with Crippen molar-refractivity contribution < 1.29 is 18.3 Å². The van der Waals surface area contributed by atoms with Gasteiger partial charge in [0.15, 0.2) is 0 Å². The Bertz CT molecular complexity index is 446. The van der Waals surface area contributed by atoms with Gasteiger partial charge >= 0.3 is 5.97 Å². The zero-order valence-corrected chi connectivity index (χ0v) is 16.7. The van der Waals surface area contributed by atoms with Gasteiger partial charge in [-0.15, -0.1) is 0 Å². The number of hydrogen-bond acceptors (Lipinski definition) is 3. The highest BCUT2D eigenvalue weighted by Crippen LogP contribution is 2.12. The predicted octanol–water partition coefficient (Wildman–Crippen LogP) is 4.99. The van der Waals surface area contributed by atoms with E-state index >= 15 is 0 Å². The highest BCUT2D eigenvalue weighted by atomic mass is 32.2. The van der Waals surface area contributed by atoms with E-state index in [2.05, 4.69) is 11.6 Å². The number of hydrogen-bond donors (Lipinski definition) is 2. The summed E-state index contributed by atoms with van der Waals surface area (Å²) in [5.74, 6) is -1.01. The number of carboxylic acids is 1. The first-order valence-electron chi connectivity index (χ1n) is 9.86. The molecule has 0 aromatic carbocycles. The van der Waals surface area contributed by atoms with Crippen LogP contribution >= 0.6 is 0 Å². The second-order valence-corrected chi connectivity index (χ2v) is 8.28. The van der Waals surface area contributed by atoms with Crippen LogP contribution in [0.1, 0.15) is 96.8 Å². The smallest absolute Gasteiger partial charge is 0.304 e. The molecule has 0 aromatic rings. The average Bonchev–Trinajstić information content (AvgIpc) is 2.54. The molecule has 0 spiro atoms. The Hall–Kier alpha value is -0.880. The molecule has 148 valence electrons. The molecule has 0 amide bonds. The van der Waals surface area contributed by atoms with Crippen molar-refractivity contribution in [3.8, 4) is 0 Å². The van der Waals surface area contributed by atoms with Crippen molar-refractivity contribution in [3.63, 3.8) is 0 Å².